The van der Waals surface area contributed by atoms with Crippen molar-refractivity contribution < 1.29 is 23.4 Å². The fourth-order valence-corrected chi connectivity index (χ4v) is 4.53. The third kappa shape index (κ3) is 4.42. The van der Waals surface area contributed by atoms with Crippen molar-refractivity contribution in [1.29, 1.82) is 0 Å². The number of carbonyl (C=O) groups excluding carboxylic acids is 1. The topological polar surface area (TPSA) is 69.9 Å². The molecule has 0 unspecified atom stereocenters. The highest BCUT2D eigenvalue weighted by molar-refractivity contribution is 6.05. The standard InChI is InChI=1S/C27H31NO5/c1-6-32-26-17(3)27-21(19-9-7-8-10-22(19)33-27)15-20(26)16(2)13-25(29)28-18-11-12-23(30-4)24(14-18)31-5/h11-15H,6-10H2,1-5H3,(H,28,29)/b16-13+. The van der Waals surface area contributed by atoms with Gasteiger partial charge in [0.05, 0.1) is 20.8 Å². The summed E-state index contributed by atoms with van der Waals surface area (Å²) in [5.41, 5.74) is 5.54. The molecule has 0 radical (unpaired) electrons. The highest BCUT2D eigenvalue weighted by Crippen LogP contribution is 2.41. The van der Waals surface area contributed by atoms with Crippen LogP contribution in [0.3, 0.4) is 0 Å². The van der Waals surface area contributed by atoms with Crippen molar-refractivity contribution in [3.63, 3.8) is 0 Å². The zero-order valence-corrected chi connectivity index (χ0v) is 20.0. The van der Waals surface area contributed by atoms with E-state index in [2.05, 4.69) is 11.4 Å². The van der Waals surface area contributed by atoms with Gasteiger partial charge in [-0.05, 0) is 63.8 Å². The van der Waals surface area contributed by atoms with Crippen LogP contribution in [0.25, 0.3) is 16.5 Å². The van der Waals surface area contributed by atoms with Crippen LogP contribution in [0.1, 0.15) is 49.1 Å². The predicted octanol–water partition coefficient (Wildman–Crippen LogP) is 6.08. The second-order valence-electron chi connectivity index (χ2n) is 8.29. The van der Waals surface area contributed by atoms with E-state index in [4.69, 9.17) is 18.6 Å². The van der Waals surface area contributed by atoms with Gasteiger partial charge in [0, 0.05) is 46.3 Å². The van der Waals surface area contributed by atoms with Gasteiger partial charge in [-0.15, -0.1) is 0 Å². The first-order valence-electron chi connectivity index (χ1n) is 11.4. The third-order valence-corrected chi connectivity index (χ3v) is 6.14. The zero-order valence-electron chi connectivity index (χ0n) is 20.0. The van der Waals surface area contributed by atoms with Crippen LogP contribution < -0.4 is 19.5 Å². The molecule has 1 aliphatic rings. The fraction of sp³-hybridized carbons (Fsp3) is 0.370. The number of rotatable bonds is 7. The number of aryl methyl sites for hydroxylation is 3. The summed E-state index contributed by atoms with van der Waals surface area (Å²) >= 11 is 0. The van der Waals surface area contributed by atoms with Crippen molar-refractivity contribution >= 4 is 28.1 Å². The lowest BCUT2D eigenvalue weighted by Gasteiger charge is -2.15. The van der Waals surface area contributed by atoms with Crippen LogP contribution in [0.5, 0.6) is 17.2 Å². The van der Waals surface area contributed by atoms with Crippen LogP contribution in [0.4, 0.5) is 5.69 Å². The van der Waals surface area contributed by atoms with Gasteiger partial charge in [0.25, 0.3) is 0 Å². The van der Waals surface area contributed by atoms with E-state index in [1.807, 2.05) is 20.8 Å². The molecule has 6 nitrogen and oxygen atoms in total. The molecule has 174 valence electrons. The number of allylic oxidation sites excluding steroid dienone is 1. The Balaban J connectivity index is 1.69. The van der Waals surface area contributed by atoms with Crippen molar-refractivity contribution in [2.45, 2.75) is 46.5 Å². The van der Waals surface area contributed by atoms with Gasteiger partial charge < -0.3 is 23.9 Å². The number of hydrogen-bond acceptors (Lipinski definition) is 5. The van der Waals surface area contributed by atoms with Gasteiger partial charge in [0.15, 0.2) is 11.5 Å². The van der Waals surface area contributed by atoms with Crippen molar-refractivity contribution in [3.05, 3.63) is 52.8 Å². The molecule has 1 heterocycles. The molecule has 0 atom stereocenters. The Labute approximate surface area is 194 Å². The van der Waals surface area contributed by atoms with Crippen LogP contribution >= 0.6 is 0 Å². The summed E-state index contributed by atoms with van der Waals surface area (Å²) in [6.45, 7) is 6.46. The maximum atomic E-state index is 12.8. The Bertz CT molecular complexity index is 1220. The summed E-state index contributed by atoms with van der Waals surface area (Å²) in [6.07, 6.45) is 5.94. The molecule has 0 spiro atoms. The number of benzene rings is 2. The first-order valence-corrected chi connectivity index (χ1v) is 11.4. The quantitative estimate of drug-likeness (QED) is 0.443. The molecule has 0 bridgehead atoms. The average Bonchev–Trinajstić information content (AvgIpc) is 3.19. The number of methoxy groups -OCH3 is 2. The van der Waals surface area contributed by atoms with Crippen molar-refractivity contribution in [3.8, 4) is 17.2 Å². The molecule has 0 saturated heterocycles. The Morgan fingerprint density at radius 1 is 1.12 bits per heavy atom. The first kappa shape index (κ1) is 22.8. The minimum absolute atomic E-state index is 0.228. The van der Waals surface area contributed by atoms with E-state index in [1.165, 1.54) is 12.0 Å². The number of amides is 1. The number of ether oxygens (including phenoxy) is 3. The number of nitrogens with one attached hydrogen (secondary N) is 1. The number of furan rings is 1. The van der Waals surface area contributed by atoms with Crippen LogP contribution in [0, 0.1) is 6.92 Å². The lowest BCUT2D eigenvalue weighted by atomic mass is 9.93. The normalized spacial score (nSPS) is 13.5. The van der Waals surface area contributed by atoms with Gasteiger partial charge in [-0.25, -0.2) is 0 Å². The smallest absolute Gasteiger partial charge is 0.248 e. The minimum Gasteiger partial charge on any atom is -0.493 e. The molecular weight excluding hydrogens is 418 g/mol. The molecule has 0 fully saturated rings. The second-order valence-corrected chi connectivity index (χ2v) is 8.29. The largest absolute Gasteiger partial charge is 0.493 e. The summed E-state index contributed by atoms with van der Waals surface area (Å²) in [5, 5.41) is 4.04. The van der Waals surface area contributed by atoms with Gasteiger partial charge in [-0.1, -0.05) is 0 Å². The van der Waals surface area contributed by atoms with E-state index < -0.39 is 0 Å². The molecule has 3 aromatic rings. The highest BCUT2D eigenvalue weighted by atomic mass is 16.5. The molecule has 0 aliphatic heterocycles. The summed E-state index contributed by atoms with van der Waals surface area (Å²) in [7, 11) is 3.14. The van der Waals surface area contributed by atoms with Crippen molar-refractivity contribution in [1.82, 2.24) is 0 Å². The highest BCUT2D eigenvalue weighted by Gasteiger charge is 2.23. The molecular formula is C27H31NO5. The molecule has 0 saturated carbocycles. The predicted molar refractivity (Wildman–Crippen MR) is 131 cm³/mol. The first-order chi connectivity index (χ1) is 16.0. The Morgan fingerprint density at radius 2 is 1.88 bits per heavy atom. The van der Waals surface area contributed by atoms with E-state index in [-0.39, 0.29) is 5.91 Å². The zero-order chi connectivity index (χ0) is 23.5. The third-order valence-electron chi connectivity index (χ3n) is 6.14. The molecule has 2 aromatic carbocycles. The van der Waals surface area contributed by atoms with Gasteiger partial charge in [-0.2, -0.15) is 0 Å². The second kappa shape index (κ2) is 9.61. The summed E-state index contributed by atoms with van der Waals surface area (Å²) in [6, 6.07) is 7.40. The Hall–Kier alpha value is -3.41. The number of anilines is 1. The van der Waals surface area contributed by atoms with E-state index in [0.717, 1.165) is 58.4 Å². The van der Waals surface area contributed by atoms with E-state index in [0.29, 0.717) is 23.8 Å². The van der Waals surface area contributed by atoms with E-state index in [1.54, 1.807) is 38.5 Å². The maximum Gasteiger partial charge on any atom is 0.248 e. The van der Waals surface area contributed by atoms with E-state index in [9.17, 15) is 4.79 Å². The van der Waals surface area contributed by atoms with Crippen LogP contribution in [-0.4, -0.2) is 26.7 Å². The number of carbonyl (C=O) groups is 1. The molecule has 4 rings (SSSR count). The molecule has 1 amide bonds. The minimum atomic E-state index is -0.228. The molecule has 6 heteroatoms. The van der Waals surface area contributed by atoms with Crippen molar-refractivity contribution in [2.24, 2.45) is 0 Å². The number of hydrogen-bond donors (Lipinski definition) is 1. The van der Waals surface area contributed by atoms with E-state index >= 15 is 0 Å². The van der Waals surface area contributed by atoms with Gasteiger partial charge >= 0.3 is 0 Å². The lowest BCUT2D eigenvalue weighted by molar-refractivity contribution is -0.111. The summed E-state index contributed by atoms with van der Waals surface area (Å²) in [5.74, 6) is 2.79. The molecule has 1 N–H and O–H groups in total. The Morgan fingerprint density at radius 3 is 2.61 bits per heavy atom. The lowest BCUT2D eigenvalue weighted by Crippen LogP contribution is -2.09. The SMILES string of the molecule is CCOc1c(/C(C)=C/C(=O)Nc2ccc(OC)c(OC)c2)cc2c3c(oc2c1C)CCCC3. The monoisotopic (exact) mass is 449 g/mol. The van der Waals surface area contributed by atoms with Crippen LogP contribution in [0.15, 0.2) is 34.8 Å². The maximum absolute atomic E-state index is 12.8. The van der Waals surface area contributed by atoms with Crippen molar-refractivity contribution in [2.75, 3.05) is 26.1 Å². The summed E-state index contributed by atoms with van der Waals surface area (Å²) < 4.78 is 22.9. The molecule has 1 aromatic heterocycles. The van der Waals surface area contributed by atoms with Gasteiger partial charge in [0.2, 0.25) is 5.91 Å². The fourth-order valence-electron chi connectivity index (χ4n) is 4.53. The summed E-state index contributed by atoms with van der Waals surface area (Å²) in [4.78, 5) is 12.8. The molecule has 33 heavy (non-hydrogen) atoms. The number of fused-ring (bicyclic) bond motifs is 3. The van der Waals surface area contributed by atoms with Gasteiger partial charge in [-0.3, -0.25) is 4.79 Å². The van der Waals surface area contributed by atoms with Crippen LogP contribution in [0.2, 0.25) is 0 Å². The van der Waals surface area contributed by atoms with Gasteiger partial charge in [0.1, 0.15) is 17.1 Å². The van der Waals surface area contributed by atoms with Crippen LogP contribution in [-0.2, 0) is 17.6 Å². The average molecular weight is 450 g/mol. The molecule has 1 aliphatic carbocycles. The Kier molecular flexibility index (Phi) is 6.63.